The molecule has 0 aromatic heterocycles. The number of amides is 2. The number of aryl methyl sites for hydroxylation is 1. The lowest BCUT2D eigenvalue weighted by Crippen LogP contribution is -2.40. The maximum atomic E-state index is 13.7. The summed E-state index contributed by atoms with van der Waals surface area (Å²) in [5, 5.41) is 17.5. The highest BCUT2D eigenvalue weighted by atomic mass is 35.5. The van der Waals surface area contributed by atoms with Crippen molar-refractivity contribution < 1.29 is 24.2 Å². The number of fused-ring (bicyclic) bond motifs is 1. The van der Waals surface area contributed by atoms with Crippen molar-refractivity contribution in [3.05, 3.63) is 94.0 Å². The highest BCUT2D eigenvalue weighted by molar-refractivity contribution is 6.30. The second-order valence-corrected chi connectivity index (χ2v) is 11.5. The van der Waals surface area contributed by atoms with Gasteiger partial charge in [-0.15, -0.1) is 0 Å². The molecule has 43 heavy (non-hydrogen) atoms. The Morgan fingerprint density at radius 3 is 2.28 bits per heavy atom. The first-order chi connectivity index (χ1) is 20.7. The van der Waals surface area contributed by atoms with Gasteiger partial charge in [0.25, 0.3) is 5.91 Å². The number of carboxylic acid groups (broad SMARTS) is 1. The van der Waals surface area contributed by atoms with E-state index in [1.54, 1.807) is 36.1 Å². The number of benzene rings is 3. The molecule has 3 aromatic carbocycles. The summed E-state index contributed by atoms with van der Waals surface area (Å²) in [7, 11) is 0. The topological polar surface area (TPSA) is 114 Å². The fraction of sp³-hybridized carbons (Fsp3) is 0.333. The van der Waals surface area contributed by atoms with E-state index in [0.717, 1.165) is 48.4 Å². The first kappa shape index (κ1) is 30.1. The van der Waals surface area contributed by atoms with Crippen LogP contribution in [0.4, 0.5) is 5.69 Å². The summed E-state index contributed by atoms with van der Waals surface area (Å²) in [4.78, 5) is 43.6. The van der Waals surface area contributed by atoms with E-state index in [4.69, 9.17) is 26.9 Å². The third-order valence-electron chi connectivity index (χ3n) is 7.91. The molecule has 2 aliphatic heterocycles. The van der Waals surface area contributed by atoms with Crippen molar-refractivity contribution >= 4 is 40.9 Å². The molecule has 2 N–H and O–H groups in total. The molecule has 2 amide bonds. The summed E-state index contributed by atoms with van der Waals surface area (Å²) in [6.07, 6.45) is 2.15. The molecule has 3 aromatic rings. The normalized spacial score (nSPS) is 15.6. The van der Waals surface area contributed by atoms with Crippen LogP contribution in [-0.2, 0) is 29.1 Å². The minimum absolute atomic E-state index is 0.00923. The average molecular weight is 603 g/mol. The Labute approximate surface area is 256 Å². The van der Waals surface area contributed by atoms with Crippen LogP contribution in [-0.4, -0.2) is 64.3 Å². The zero-order chi connectivity index (χ0) is 30.5. The number of piperidine rings is 1. The van der Waals surface area contributed by atoms with Crippen molar-refractivity contribution in [1.29, 1.82) is 5.41 Å². The summed E-state index contributed by atoms with van der Waals surface area (Å²) < 4.78 is 6.20. The highest BCUT2D eigenvalue weighted by Crippen LogP contribution is 2.30. The Bertz CT molecular complexity index is 1500. The van der Waals surface area contributed by atoms with Gasteiger partial charge in [-0.05, 0) is 72.5 Å². The van der Waals surface area contributed by atoms with Gasteiger partial charge in [0, 0.05) is 55.2 Å². The van der Waals surface area contributed by atoms with Gasteiger partial charge in [-0.1, -0.05) is 35.9 Å². The van der Waals surface area contributed by atoms with Crippen LogP contribution >= 0.6 is 11.6 Å². The predicted molar refractivity (Wildman–Crippen MR) is 165 cm³/mol. The molecule has 0 unspecified atom stereocenters. The molecule has 0 bridgehead atoms. The number of nitrogens with zero attached hydrogens (tertiary/aromatic N) is 3. The minimum atomic E-state index is -0.884. The fourth-order valence-electron chi connectivity index (χ4n) is 5.53. The van der Waals surface area contributed by atoms with Crippen molar-refractivity contribution in [2.24, 2.45) is 0 Å². The van der Waals surface area contributed by atoms with Gasteiger partial charge in [-0.25, -0.2) is 0 Å². The van der Waals surface area contributed by atoms with Gasteiger partial charge in [0.15, 0.2) is 0 Å². The predicted octanol–water partition coefficient (Wildman–Crippen LogP) is 5.39. The number of carbonyl (C=O) groups is 3. The molecule has 0 radical (unpaired) electrons. The number of anilines is 1. The van der Waals surface area contributed by atoms with Crippen LogP contribution < -0.4 is 9.64 Å². The highest BCUT2D eigenvalue weighted by Gasteiger charge is 2.30. The Kier molecular flexibility index (Phi) is 9.31. The SMILES string of the molecule is CC(=N)N1CCC(Oc2ccc(CN3C(=O)CN(C(=O)c4ccc(Cl)cc4)Cc4cc(CCC(=O)O)ccc43)cc2)CC1. The number of hydrogen-bond donors (Lipinski definition) is 2. The Morgan fingerprint density at radius 1 is 0.953 bits per heavy atom. The van der Waals surface area contributed by atoms with E-state index in [9.17, 15) is 14.4 Å². The van der Waals surface area contributed by atoms with Crippen molar-refractivity contribution in [3.63, 3.8) is 0 Å². The molecule has 224 valence electrons. The molecule has 2 heterocycles. The van der Waals surface area contributed by atoms with Crippen LogP contribution in [0.15, 0.2) is 66.7 Å². The molecule has 5 rings (SSSR count). The van der Waals surface area contributed by atoms with Crippen molar-refractivity contribution in [3.8, 4) is 5.75 Å². The zero-order valence-corrected chi connectivity index (χ0v) is 24.8. The Balaban J connectivity index is 1.34. The van der Waals surface area contributed by atoms with E-state index in [2.05, 4.69) is 4.90 Å². The molecule has 1 fully saturated rings. The summed E-state index contributed by atoms with van der Waals surface area (Å²) in [6.45, 7) is 3.84. The number of amidine groups is 1. The fourth-order valence-corrected chi connectivity index (χ4v) is 5.66. The van der Waals surface area contributed by atoms with Gasteiger partial charge in [0.2, 0.25) is 5.91 Å². The van der Waals surface area contributed by atoms with Gasteiger partial charge >= 0.3 is 5.97 Å². The van der Waals surface area contributed by atoms with Gasteiger partial charge in [-0.2, -0.15) is 0 Å². The Morgan fingerprint density at radius 2 is 1.63 bits per heavy atom. The van der Waals surface area contributed by atoms with E-state index in [0.29, 0.717) is 35.1 Å². The second kappa shape index (κ2) is 13.3. The number of carbonyl (C=O) groups excluding carboxylic acids is 2. The molecule has 0 aliphatic carbocycles. The molecule has 1 saturated heterocycles. The van der Waals surface area contributed by atoms with Crippen molar-refractivity contribution in [2.75, 3.05) is 24.5 Å². The van der Waals surface area contributed by atoms with E-state index in [1.807, 2.05) is 42.5 Å². The molecule has 9 nitrogen and oxygen atoms in total. The van der Waals surface area contributed by atoms with Gasteiger partial charge < -0.3 is 24.5 Å². The van der Waals surface area contributed by atoms with Crippen molar-refractivity contribution in [2.45, 2.75) is 51.8 Å². The average Bonchev–Trinajstić information content (AvgIpc) is 3.13. The van der Waals surface area contributed by atoms with Crippen LogP contribution in [0.1, 0.15) is 53.2 Å². The zero-order valence-electron chi connectivity index (χ0n) is 24.1. The van der Waals surface area contributed by atoms with E-state index in [-0.39, 0.29) is 37.4 Å². The number of likely N-dealkylation sites (tertiary alicyclic amines) is 1. The lowest BCUT2D eigenvalue weighted by Gasteiger charge is -2.32. The summed E-state index contributed by atoms with van der Waals surface area (Å²) in [5.41, 5.74) is 3.65. The summed E-state index contributed by atoms with van der Waals surface area (Å²) in [6, 6.07) is 19.9. The lowest BCUT2D eigenvalue weighted by atomic mass is 10.0. The molecule has 0 saturated carbocycles. The van der Waals surface area contributed by atoms with Gasteiger partial charge in [-0.3, -0.25) is 19.8 Å². The number of rotatable bonds is 8. The number of halogens is 1. The third kappa shape index (κ3) is 7.53. The quantitative estimate of drug-likeness (QED) is 0.264. The number of hydrogen-bond acceptors (Lipinski definition) is 5. The van der Waals surface area contributed by atoms with Crippen LogP contribution in [0, 0.1) is 5.41 Å². The monoisotopic (exact) mass is 602 g/mol. The summed E-state index contributed by atoms with van der Waals surface area (Å²) in [5.74, 6) is -0.0315. The molecule has 2 aliphatic rings. The standard InChI is InChI=1S/C33H35ClN4O5/c1-22(35)36-16-14-29(15-17-36)43-28-10-2-24(3-11-28)19-38-30-12-4-23(5-13-32(40)41)18-26(30)20-37(21-31(38)39)33(42)25-6-8-27(34)9-7-25/h2-4,6-12,18,29,35H,5,13-17,19-21H2,1H3,(H,40,41). The van der Waals surface area contributed by atoms with E-state index < -0.39 is 5.97 Å². The first-order valence-corrected chi connectivity index (χ1v) is 14.8. The van der Waals surface area contributed by atoms with Crippen LogP contribution in [0.5, 0.6) is 5.75 Å². The van der Waals surface area contributed by atoms with Crippen LogP contribution in [0.3, 0.4) is 0 Å². The van der Waals surface area contributed by atoms with E-state index >= 15 is 0 Å². The second-order valence-electron chi connectivity index (χ2n) is 11.0. The molecule has 0 atom stereocenters. The lowest BCUT2D eigenvalue weighted by molar-refractivity contribution is -0.137. The number of ether oxygens (including phenoxy) is 1. The third-order valence-corrected chi connectivity index (χ3v) is 8.16. The number of aliphatic carboxylic acids is 1. The maximum Gasteiger partial charge on any atom is 0.303 e. The first-order valence-electron chi connectivity index (χ1n) is 14.4. The maximum absolute atomic E-state index is 13.7. The van der Waals surface area contributed by atoms with E-state index in [1.165, 1.54) is 4.90 Å². The minimum Gasteiger partial charge on any atom is -0.490 e. The Hall–Kier alpha value is -4.37. The van der Waals surface area contributed by atoms with Crippen LogP contribution in [0.2, 0.25) is 5.02 Å². The van der Waals surface area contributed by atoms with Gasteiger partial charge in [0.1, 0.15) is 18.4 Å². The number of nitrogens with one attached hydrogen (secondary N) is 1. The molecule has 10 heteroatoms. The smallest absolute Gasteiger partial charge is 0.303 e. The molecule has 0 spiro atoms. The van der Waals surface area contributed by atoms with Gasteiger partial charge in [0.05, 0.1) is 12.4 Å². The largest absolute Gasteiger partial charge is 0.490 e. The van der Waals surface area contributed by atoms with Crippen molar-refractivity contribution in [1.82, 2.24) is 9.80 Å². The summed E-state index contributed by atoms with van der Waals surface area (Å²) >= 11 is 6.01. The van der Waals surface area contributed by atoms with Crippen LogP contribution in [0.25, 0.3) is 0 Å². The number of carboxylic acids is 1. The molecular weight excluding hydrogens is 568 g/mol. The molecular formula is C33H35ClN4O5.